The van der Waals surface area contributed by atoms with Crippen LogP contribution in [0.1, 0.15) is 31.5 Å². The summed E-state index contributed by atoms with van der Waals surface area (Å²) in [6, 6.07) is 15.3. The largest absolute Gasteiger partial charge is 0.439 e. The van der Waals surface area contributed by atoms with E-state index in [2.05, 4.69) is 5.32 Å². The van der Waals surface area contributed by atoms with Crippen LogP contribution in [-0.4, -0.2) is 47.5 Å². The topological polar surface area (TPSA) is 68.6 Å². The molecule has 0 unspecified atom stereocenters. The summed E-state index contributed by atoms with van der Waals surface area (Å²) >= 11 is 0. The molecule has 7 nitrogen and oxygen atoms in total. The number of aryl methyl sites for hydroxylation is 1. The number of aromatic nitrogens is 2. The first kappa shape index (κ1) is 24.3. The van der Waals surface area contributed by atoms with Gasteiger partial charge in [0.05, 0.1) is 30.1 Å². The minimum Gasteiger partial charge on any atom is -0.439 e. The predicted octanol–water partition coefficient (Wildman–Crippen LogP) is 4.93. The number of rotatable bonds is 11. The highest BCUT2D eigenvalue weighted by atomic mass is 19.1. The lowest BCUT2D eigenvalue weighted by Crippen LogP contribution is -2.41. The highest BCUT2D eigenvalue weighted by Gasteiger charge is 2.24. The first-order valence-corrected chi connectivity index (χ1v) is 11.2. The maximum absolute atomic E-state index is 13.5. The molecule has 0 atom stereocenters. The Kier molecular flexibility index (Phi) is 8.83. The number of benzene rings is 2. The van der Waals surface area contributed by atoms with Crippen LogP contribution < -0.4 is 10.1 Å². The van der Waals surface area contributed by atoms with Gasteiger partial charge in [-0.3, -0.25) is 0 Å². The van der Waals surface area contributed by atoms with Gasteiger partial charge in [-0.2, -0.15) is 5.10 Å². The standard InChI is InChI=1S/C25H31FN4O3/c1-4-15-27-25(31)29(16-17-32-3)18-22-23(5-2)28-30(20-9-7-6-8-10-20)24(22)33-21-13-11-19(26)12-14-21/h6-14H,4-5,15-18H2,1-3H3,(H,27,31). The summed E-state index contributed by atoms with van der Waals surface area (Å²) < 4.78 is 26.7. The van der Waals surface area contributed by atoms with Crippen LogP contribution in [-0.2, 0) is 17.7 Å². The Bertz CT molecular complexity index is 1020. The minimum atomic E-state index is -0.341. The van der Waals surface area contributed by atoms with E-state index in [4.69, 9.17) is 14.6 Å². The number of carbonyl (C=O) groups is 1. The van der Waals surface area contributed by atoms with Crippen LogP contribution >= 0.6 is 0 Å². The van der Waals surface area contributed by atoms with Crippen LogP contribution in [0, 0.1) is 5.82 Å². The van der Waals surface area contributed by atoms with Gasteiger partial charge >= 0.3 is 6.03 Å². The van der Waals surface area contributed by atoms with E-state index in [9.17, 15) is 9.18 Å². The summed E-state index contributed by atoms with van der Waals surface area (Å²) in [4.78, 5) is 14.5. The molecule has 0 saturated heterocycles. The Morgan fingerprint density at radius 3 is 2.48 bits per heavy atom. The molecule has 0 aliphatic carbocycles. The molecule has 3 aromatic rings. The van der Waals surface area contributed by atoms with Gasteiger partial charge in [0.2, 0.25) is 5.88 Å². The summed E-state index contributed by atoms with van der Waals surface area (Å²) in [6.07, 6.45) is 1.50. The van der Waals surface area contributed by atoms with E-state index in [1.807, 2.05) is 44.2 Å². The summed E-state index contributed by atoms with van der Waals surface area (Å²) in [5.74, 6) is 0.637. The third-order valence-corrected chi connectivity index (χ3v) is 5.11. The third kappa shape index (κ3) is 6.32. The fourth-order valence-electron chi connectivity index (χ4n) is 3.37. The zero-order valence-corrected chi connectivity index (χ0v) is 19.4. The lowest BCUT2D eigenvalue weighted by atomic mass is 10.2. The molecule has 0 saturated carbocycles. The fourth-order valence-corrected chi connectivity index (χ4v) is 3.37. The third-order valence-electron chi connectivity index (χ3n) is 5.11. The van der Waals surface area contributed by atoms with Crippen molar-refractivity contribution >= 4 is 6.03 Å². The van der Waals surface area contributed by atoms with Gasteiger partial charge in [-0.25, -0.2) is 13.9 Å². The number of nitrogens with zero attached hydrogens (tertiary/aromatic N) is 3. The van der Waals surface area contributed by atoms with E-state index in [0.717, 1.165) is 23.4 Å². The molecule has 0 aliphatic heterocycles. The molecule has 8 heteroatoms. The Morgan fingerprint density at radius 1 is 1.12 bits per heavy atom. The molecule has 0 bridgehead atoms. The molecule has 2 amide bonds. The highest BCUT2D eigenvalue weighted by Crippen LogP contribution is 2.32. The second-order valence-electron chi connectivity index (χ2n) is 7.53. The van der Waals surface area contributed by atoms with Crippen LogP contribution in [0.2, 0.25) is 0 Å². The zero-order chi connectivity index (χ0) is 23.6. The first-order valence-electron chi connectivity index (χ1n) is 11.2. The number of hydrogen-bond acceptors (Lipinski definition) is 4. The monoisotopic (exact) mass is 454 g/mol. The summed E-state index contributed by atoms with van der Waals surface area (Å²) in [6.45, 7) is 5.73. The Labute approximate surface area is 194 Å². The highest BCUT2D eigenvalue weighted by molar-refractivity contribution is 5.74. The average Bonchev–Trinajstić information content (AvgIpc) is 3.18. The summed E-state index contributed by atoms with van der Waals surface area (Å²) in [5.41, 5.74) is 2.45. The number of urea groups is 1. The van der Waals surface area contributed by atoms with Crippen molar-refractivity contribution in [1.82, 2.24) is 20.0 Å². The summed E-state index contributed by atoms with van der Waals surface area (Å²) in [5, 5.41) is 7.73. The van der Waals surface area contributed by atoms with Crippen LogP contribution in [0.25, 0.3) is 5.69 Å². The molecule has 1 aromatic heterocycles. The van der Waals surface area contributed by atoms with E-state index < -0.39 is 0 Å². The van der Waals surface area contributed by atoms with E-state index in [1.165, 1.54) is 12.1 Å². The van der Waals surface area contributed by atoms with Gasteiger partial charge in [-0.1, -0.05) is 32.0 Å². The van der Waals surface area contributed by atoms with Crippen molar-refractivity contribution in [3.05, 3.63) is 71.7 Å². The number of para-hydroxylation sites is 1. The van der Waals surface area contributed by atoms with E-state index in [1.54, 1.807) is 28.8 Å². The number of nitrogens with one attached hydrogen (secondary N) is 1. The van der Waals surface area contributed by atoms with Crippen LogP contribution in [0.5, 0.6) is 11.6 Å². The number of halogens is 1. The number of ether oxygens (including phenoxy) is 2. The second-order valence-corrected chi connectivity index (χ2v) is 7.53. The molecule has 2 aromatic carbocycles. The maximum atomic E-state index is 13.5. The predicted molar refractivity (Wildman–Crippen MR) is 125 cm³/mol. The van der Waals surface area contributed by atoms with Gasteiger partial charge in [-0.05, 0) is 49.2 Å². The first-order chi connectivity index (χ1) is 16.1. The van der Waals surface area contributed by atoms with Crippen LogP contribution in [0.15, 0.2) is 54.6 Å². The van der Waals surface area contributed by atoms with Crippen LogP contribution in [0.3, 0.4) is 0 Å². The van der Waals surface area contributed by atoms with Gasteiger partial charge < -0.3 is 19.7 Å². The molecule has 0 spiro atoms. The quantitative estimate of drug-likeness (QED) is 0.446. The molecule has 0 aliphatic rings. The van der Waals surface area contributed by atoms with Crippen LogP contribution in [0.4, 0.5) is 9.18 Å². The van der Waals surface area contributed by atoms with E-state index >= 15 is 0 Å². The van der Waals surface area contributed by atoms with Gasteiger partial charge in [0.15, 0.2) is 0 Å². The van der Waals surface area contributed by atoms with Crippen molar-refractivity contribution in [1.29, 1.82) is 0 Å². The average molecular weight is 455 g/mol. The lowest BCUT2D eigenvalue weighted by molar-refractivity contribution is 0.146. The number of amides is 2. The lowest BCUT2D eigenvalue weighted by Gasteiger charge is -2.23. The second kappa shape index (κ2) is 12.0. The molecule has 3 rings (SSSR count). The Morgan fingerprint density at radius 2 is 1.85 bits per heavy atom. The SMILES string of the molecule is CCCNC(=O)N(CCOC)Cc1c(CC)nn(-c2ccccc2)c1Oc1ccc(F)cc1. The molecule has 1 heterocycles. The smallest absolute Gasteiger partial charge is 0.317 e. The Hall–Kier alpha value is -3.39. The van der Waals surface area contributed by atoms with Crippen molar-refractivity contribution < 1.29 is 18.7 Å². The molecule has 176 valence electrons. The molecular weight excluding hydrogens is 423 g/mol. The van der Waals surface area contributed by atoms with E-state index in [0.29, 0.717) is 44.3 Å². The van der Waals surface area contributed by atoms with Crippen molar-refractivity contribution in [2.24, 2.45) is 0 Å². The minimum absolute atomic E-state index is 0.170. The molecular formula is C25H31FN4O3. The van der Waals surface area contributed by atoms with Gasteiger partial charge in [0.1, 0.15) is 11.6 Å². The van der Waals surface area contributed by atoms with E-state index in [-0.39, 0.29) is 11.8 Å². The van der Waals surface area contributed by atoms with Crippen molar-refractivity contribution in [2.45, 2.75) is 33.2 Å². The Balaban J connectivity index is 2.04. The summed E-state index contributed by atoms with van der Waals surface area (Å²) in [7, 11) is 1.61. The van der Waals surface area contributed by atoms with Crippen molar-refractivity contribution in [3.8, 4) is 17.3 Å². The zero-order valence-electron chi connectivity index (χ0n) is 19.4. The van der Waals surface area contributed by atoms with Gasteiger partial charge in [-0.15, -0.1) is 0 Å². The molecule has 1 N–H and O–H groups in total. The van der Waals surface area contributed by atoms with Gasteiger partial charge in [0.25, 0.3) is 0 Å². The fraction of sp³-hybridized carbons (Fsp3) is 0.360. The number of hydrogen-bond donors (Lipinski definition) is 1. The molecule has 0 radical (unpaired) electrons. The molecule has 33 heavy (non-hydrogen) atoms. The maximum Gasteiger partial charge on any atom is 0.317 e. The molecule has 0 fully saturated rings. The van der Waals surface area contributed by atoms with Crippen molar-refractivity contribution in [2.75, 3.05) is 26.8 Å². The number of methoxy groups -OCH3 is 1. The number of carbonyl (C=O) groups excluding carboxylic acids is 1. The van der Waals surface area contributed by atoms with Gasteiger partial charge in [0, 0.05) is 20.2 Å². The van der Waals surface area contributed by atoms with Crippen molar-refractivity contribution in [3.63, 3.8) is 0 Å². The normalized spacial score (nSPS) is 10.8.